The molecule has 1 N–H and O–H groups in total. The molecule has 0 aliphatic heterocycles. The Morgan fingerprint density at radius 2 is 2.18 bits per heavy atom. The monoisotopic (exact) mass is 257 g/mol. The maximum Gasteiger partial charge on any atom is 0.287 e. The Kier molecular flexibility index (Phi) is 5.48. The molecular formula is C12H20ClN3O. The van der Waals surface area contributed by atoms with Gasteiger partial charge in [-0.1, -0.05) is 38.3 Å². The van der Waals surface area contributed by atoms with E-state index >= 15 is 0 Å². The van der Waals surface area contributed by atoms with E-state index in [0.717, 1.165) is 18.9 Å². The molecule has 0 amide bonds. The number of aryl methyl sites for hydroxylation is 1. The van der Waals surface area contributed by atoms with Crippen molar-refractivity contribution in [1.82, 2.24) is 9.78 Å². The van der Waals surface area contributed by atoms with Crippen molar-refractivity contribution < 1.29 is 0 Å². The van der Waals surface area contributed by atoms with Crippen LogP contribution in [0.1, 0.15) is 33.1 Å². The second-order valence-electron chi connectivity index (χ2n) is 4.62. The highest BCUT2D eigenvalue weighted by molar-refractivity contribution is 6.32. The zero-order chi connectivity index (χ0) is 12.8. The Balaban J connectivity index is 2.42. The molecule has 0 aromatic carbocycles. The lowest BCUT2D eigenvalue weighted by Crippen LogP contribution is -2.21. The molecule has 0 atom stereocenters. The minimum atomic E-state index is -0.265. The number of halogens is 1. The van der Waals surface area contributed by atoms with Crippen LogP contribution in [-0.4, -0.2) is 16.3 Å². The number of rotatable bonds is 6. The second-order valence-corrected chi connectivity index (χ2v) is 5.00. The molecule has 0 unspecified atom stereocenters. The highest BCUT2D eigenvalue weighted by Crippen LogP contribution is 2.15. The number of hydrogen-bond donors (Lipinski definition) is 1. The molecule has 0 saturated carbocycles. The van der Waals surface area contributed by atoms with Gasteiger partial charge in [0.25, 0.3) is 5.56 Å². The molecule has 4 nitrogen and oxygen atoms in total. The van der Waals surface area contributed by atoms with Crippen molar-refractivity contribution in [2.45, 2.75) is 33.1 Å². The first kappa shape index (κ1) is 14.0. The average molecular weight is 258 g/mol. The van der Waals surface area contributed by atoms with Gasteiger partial charge in [-0.3, -0.25) is 4.79 Å². The van der Waals surface area contributed by atoms with Gasteiger partial charge in [-0.05, 0) is 12.3 Å². The summed E-state index contributed by atoms with van der Waals surface area (Å²) in [6, 6.07) is 0. The van der Waals surface area contributed by atoms with E-state index in [1.807, 2.05) is 0 Å². The molecule has 5 heteroatoms. The number of nitrogens with one attached hydrogen (secondary N) is 1. The summed E-state index contributed by atoms with van der Waals surface area (Å²) >= 11 is 5.93. The molecule has 96 valence electrons. The van der Waals surface area contributed by atoms with E-state index in [-0.39, 0.29) is 10.6 Å². The lowest BCUT2D eigenvalue weighted by atomic mass is 10.1. The van der Waals surface area contributed by atoms with E-state index in [4.69, 9.17) is 11.6 Å². The van der Waals surface area contributed by atoms with Crippen LogP contribution in [-0.2, 0) is 7.05 Å². The number of aromatic nitrogens is 2. The summed E-state index contributed by atoms with van der Waals surface area (Å²) in [5, 5.41) is 7.28. The fraction of sp³-hybridized carbons (Fsp3) is 0.667. The van der Waals surface area contributed by atoms with Gasteiger partial charge in [-0.15, -0.1) is 0 Å². The van der Waals surface area contributed by atoms with Crippen molar-refractivity contribution >= 4 is 17.3 Å². The summed E-state index contributed by atoms with van der Waals surface area (Å²) in [5.41, 5.74) is 0.359. The van der Waals surface area contributed by atoms with E-state index in [2.05, 4.69) is 24.3 Å². The summed E-state index contributed by atoms with van der Waals surface area (Å²) in [6.45, 7) is 5.26. The molecule has 0 aliphatic rings. The van der Waals surface area contributed by atoms with Crippen LogP contribution in [0.4, 0.5) is 5.69 Å². The van der Waals surface area contributed by atoms with Gasteiger partial charge in [0, 0.05) is 13.6 Å². The van der Waals surface area contributed by atoms with Gasteiger partial charge in [0.15, 0.2) is 0 Å². The summed E-state index contributed by atoms with van der Waals surface area (Å²) in [5.74, 6) is 0.740. The predicted octanol–water partition coefficient (Wildman–Crippen LogP) is 2.67. The van der Waals surface area contributed by atoms with Gasteiger partial charge in [0.2, 0.25) is 0 Å². The maximum atomic E-state index is 11.5. The Labute approximate surface area is 107 Å². The lowest BCUT2D eigenvalue weighted by molar-refractivity contribution is 0.544. The van der Waals surface area contributed by atoms with Crippen LogP contribution in [0, 0.1) is 5.92 Å². The summed E-state index contributed by atoms with van der Waals surface area (Å²) in [6.07, 6.45) is 5.07. The minimum absolute atomic E-state index is 0.214. The summed E-state index contributed by atoms with van der Waals surface area (Å²) in [4.78, 5) is 11.5. The van der Waals surface area contributed by atoms with Crippen molar-refractivity contribution in [3.63, 3.8) is 0 Å². The standard InChI is InChI=1S/C12H20ClN3O/c1-9(2)6-4-5-7-14-10-8-15-16(3)12(17)11(10)13/h8-9,14H,4-7H2,1-3H3. The van der Waals surface area contributed by atoms with E-state index in [1.165, 1.54) is 17.5 Å². The quantitative estimate of drug-likeness (QED) is 0.797. The van der Waals surface area contributed by atoms with Crippen molar-refractivity contribution in [2.75, 3.05) is 11.9 Å². The highest BCUT2D eigenvalue weighted by atomic mass is 35.5. The number of unbranched alkanes of at least 4 members (excludes halogenated alkanes) is 1. The molecule has 1 rings (SSSR count). The first-order valence-corrected chi connectivity index (χ1v) is 6.36. The molecule has 17 heavy (non-hydrogen) atoms. The number of hydrogen-bond acceptors (Lipinski definition) is 3. The van der Waals surface area contributed by atoms with Crippen LogP contribution in [0.15, 0.2) is 11.0 Å². The number of anilines is 1. The van der Waals surface area contributed by atoms with E-state index in [1.54, 1.807) is 13.2 Å². The Morgan fingerprint density at radius 1 is 1.47 bits per heavy atom. The van der Waals surface area contributed by atoms with Gasteiger partial charge >= 0.3 is 0 Å². The molecule has 0 spiro atoms. The fourth-order valence-corrected chi connectivity index (χ4v) is 1.77. The second kappa shape index (κ2) is 6.64. The van der Waals surface area contributed by atoms with Crippen LogP contribution < -0.4 is 10.9 Å². The largest absolute Gasteiger partial charge is 0.382 e. The van der Waals surface area contributed by atoms with Gasteiger partial charge in [0.05, 0.1) is 11.9 Å². The Morgan fingerprint density at radius 3 is 2.82 bits per heavy atom. The molecule has 1 heterocycles. The van der Waals surface area contributed by atoms with Crippen molar-refractivity contribution in [1.29, 1.82) is 0 Å². The van der Waals surface area contributed by atoms with Gasteiger partial charge in [-0.25, -0.2) is 4.68 Å². The molecule has 0 radical (unpaired) electrons. The first-order chi connectivity index (χ1) is 8.02. The Hall–Kier alpha value is -1.03. The van der Waals surface area contributed by atoms with Gasteiger partial charge in [0.1, 0.15) is 5.02 Å². The Bertz CT molecular complexity index is 415. The van der Waals surface area contributed by atoms with E-state index in [9.17, 15) is 4.79 Å². The number of nitrogens with zero attached hydrogens (tertiary/aromatic N) is 2. The zero-order valence-electron chi connectivity index (χ0n) is 10.7. The molecule has 1 aromatic heterocycles. The third-order valence-corrected chi connectivity index (χ3v) is 2.97. The van der Waals surface area contributed by atoms with Gasteiger partial charge in [-0.2, -0.15) is 5.10 Å². The van der Waals surface area contributed by atoms with Crippen molar-refractivity contribution in [2.24, 2.45) is 13.0 Å². The summed E-state index contributed by atoms with van der Waals surface area (Å²) in [7, 11) is 1.58. The smallest absolute Gasteiger partial charge is 0.287 e. The molecule has 1 aromatic rings. The molecule has 0 bridgehead atoms. The molecule has 0 fully saturated rings. The topological polar surface area (TPSA) is 46.9 Å². The van der Waals surface area contributed by atoms with Crippen molar-refractivity contribution in [3.05, 3.63) is 21.6 Å². The van der Waals surface area contributed by atoms with Crippen LogP contribution in [0.3, 0.4) is 0 Å². The molecule has 0 saturated heterocycles. The van der Waals surface area contributed by atoms with Crippen LogP contribution in [0.2, 0.25) is 5.02 Å². The molecule has 0 aliphatic carbocycles. The van der Waals surface area contributed by atoms with Crippen LogP contribution in [0.5, 0.6) is 0 Å². The average Bonchev–Trinajstić information content (AvgIpc) is 2.28. The SMILES string of the molecule is CC(C)CCCCNc1cnn(C)c(=O)c1Cl. The van der Waals surface area contributed by atoms with Gasteiger partial charge < -0.3 is 5.32 Å². The highest BCUT2D eigenvalue weighted by Gasteiger charge is 2.06. The zero-order valence-corrected chi connectivity index (χ0v) is 11.4. The summed E-state index contributed by atoms with van der Waals surface area (Å²) < 4.78 is 1.23. The third kappa shape index (κ3) is 4.38. The maximum absolute atomic E-state index is 11.5. The normalized spacial score (nSPS) is 10.9. The van der Waals surface area contributed by atoms with Crippen molar-refractivity contribution in [3.8, 4) is 0 Å². The van der Waals surface area contributed by atoms with E-state index in [0.29, 0.717) is 5.69 Å². The minimum Gasteiger partial charge on any atom is -0.382 e. The van der Waals surface area contributed by atoms with Crippen LogP contribution >= 0.6 is 11.6 Å². The van der Waals surface area contributed by atoms with Crippen LogP contribution in [0.25, 0.3) is 0 Å². The van der Waals surface area contributed by atoms with E-state index < -0.39 is 0 Å². The lowest BCUT2D eigenvalue weighted by Gasteiger charge is -2.09. The first-order valence-electron chi connectivity index (χ1n) is 5.98. The fourth-order valence-electron chi connectivity index (χ4n) is 1.53. The predicted molar refractivity (Wildman–Crippen MR) is 71.7 cm³/mol. The molecular weight excluding hydrogens is 238 g/mol. The third-order valence-electron chi connectivity index (χ3n) is 2.60.